The third-order valence-corrected chi connectivity index (χ3v) is 5.04. The van der Waals surface area contributed by atoms with Gasteiger partial charge in [-0.1, -0.05) is 28.8 Å². The van der Waals surface area contributed by atoms with Crippen molar-refractivity contribution in [3.63, 3.8) is 0 Å². The maximum absolute atomic E-state index is 10.7. The predicted octanol–water partition coefficient (Wildman–Crippen LogP) is 4.24. The van der Waals surface area contributed by atoms with Crippen LogP contribution in [0.2, 0.25) is 0 Å². The van der Waals surface area contributed by atoms with Crippen molar-refractivity contribution in [2.24, 2.45) is 5.41 Å². The summed E-state index contributed by atoms with van der Waals surface area (Å²) in [6.45, 7) is 2.52. The van der Waals surface area contributed by atoms with Crippen molar-refractivity contribution >= 4 is 21.6 Å². The second-order valence-corrected chi connectivity index (χ2v) is 5.90. The minimum absolute atomic E-state index is 0.112. The van der Waals surface area contributed by atoms with Crippen molar-refractivity contribution < 1.29 is 9.66 Å². The van der Waals surface area contributed by atoms with Gasteiger partial charge < -0.3 is 4.74 Å². The molecule has 1 aromatic carbocycles. The maximum atomic E-state index is 10.7. The molecule has 1 saturated carbocycles. The lowest BCUT2D eigenvalue weighted by molar-refractivity contribution is -0.384. The lowest BCUT2D eigenvalue weighted by atomic mass is 9.90. The number of alkyl halides is 1. The van der Waals surface area contributed by atoms with Gasteiger partial charge in [-0.05, 0) is 31.4 Å². The molecule has 0 spiro atoms. The Morgan fingerprint density at radius 2 is 2.11 bits per heavy atom. The van der Waals surface area contributed by atoms with Gasteiger partial charge in [0.25, 0.3) is 5.69 Å². The zero-order chi connectivity index (χ0) is 13.9. The second-order valence-electron chi connectivity index (χ2n) is 5.34. The summed E-state index contributed by atoms with van der Waals surface area (Å²) in [7, 11) is 0. The van der Waals surface area contributed by atoms with E-state index >= 15 is 0 Å². The highest BCUT2D eigenvalue weighted by Crippen LogP contribution is 2.40. The predicted molar refractivity (Wildman–Crippen MR) is 78.0 cm³/mol. The lowest BCUT2D eigenvalue weighted by Gasteiger charge is -2.26. The van der Waals surface area contributed by atoms with Crippen molar-refractivity contribution in [3.05, 3.63) is 33.9 Å². The van der Waals surface area contributed by atoms with E-state index in [1.54, 1.807) is 12.1 Å². The van der Waals surface area contributed by atoms with Crippen LogP contribution in [-0.2, 0) is 0 Å². The van der Waals surface area contributed by atoms with Crippen LogP contribution in [0.5, 0.6) is 5.75 Å². The van der Waals surface area contributed by atoms with Gasteiger partial charge in [0.15, 0.2) is 0 Å². The smallest absolute Gasteiger partial charge is 0.269 e. The molecule has 1 aliphatic carbocycles. The first-order valence-electron chi connectivity index (χ1n) is 6.50. The molecule has 0 aliphatic heterocycles. The zero-order valence-electron chi connectivity index (χ0n) is 11.0. The molecule has 0 radical (unpaired) electrons. The number of nitro groups is 1. The van der Waals surface area contributed by atoms with Gasteiger partial charge in [0.1, 0.15) is 5.75 Å². The molecule has 0 unspecified atom stereocenters. The molecule has 0 amide bonds. The number of non-ortho nitro benzene ring substituents is 1. The van der Waals surface area contributed by atoms with Crippen molar-refractivity contribution in [1.29, 1.82) is 0 Å². The summed E-state index contributed by atoms with van der Waals surface area (Å²) in [6.07, 6.45) is 4.89. The molecule has 5 heteroatoms. The van der Waals surface area contributed by atoms with Crippen LogP contribution in [0.4, 0.5) is 5.69 Å². The minimum Gasteiger partial charge on any atom is -0.493 e. The number of hydrogen-bond donors (Lipinski definition) is 0. The highest BCUT2D eigenvalue weighted by Gasteiger charge is 2.33. The van der Waals surface area contributed by atoms with E-state index in [0.29, 0.717) is 6.61 Å². The highest BCUT2D eigenvalue weighted by atomic mass is 79.9. The van der Waals surface area contributed by atoms with E-state index in [0.717, 1.165) is 16.6 Å². The van der Waals surface area contributed by atoms with Gasteiger partial charge in [0.2, 0.25) is 0 Å². The molecule has 19 heavy (non-hydrogen) atoms. The molecule has 4 nitrogen and oxygen atoms in total. The van der Waals surface area contributed by atoms with Crippen molar-refractivity contribution in [1.82, 2.24) is 0 Å². The fraction of sp³-hybridized carbons (Fsp3) is 0.571. The quantitative estimate of drug-likeness (QED) is 0.461. The Bertz CT molecular complexity index is 470. The third kappa shape index (κ3) is 3.26. The van der Waals surface area contributed by atoms with E-state index in [1.165, 1.54) is 31.7 Å². The van der Waals surface area contributed by atoms with Gasteiger partial charge in [0, 0.05) is 22.9 Å². The Balaban J connectivity index is 2.05. The van der Waals surface area contributed by atoms with Crippen LogP contribution in [0.1, 0.15) is 31.2 Å². The van der Waals surface area contributed by atoms with Crippen LogP contribution in [0.3, 0.4) is 0 Å². The highest BCUT2D eigenvalue weighted by molar-refractivity contribution is 9.09. The van der Waals surface area contributed by atoms with Gasteiger partial charge in [-0.3, -0.25) is 10.1 Å². The van der Waals surface area contributed by atoms with E-state index in [1.807, 2.05) is 6.92 Å². The summed E-state index contributed by atoms with van der Waals surface area (Å²) in [4.78, 5) is 10.3. The third-order valence-electron chi connectivity index (χ3n) is 3.85. The van der Waals surface area contributed by atoms with Crippen LogP contribution in [0, 0.1) is 22.5 Å². The summed E-state index contributed by atoms with van der Waals surface area (Å²) >= 11 is 3.59. The zero-order valence-corrected chi connectivity index (χ0v) is 12.6. The molecule has 0 N–H and O–H groups in total. The summed E-state index contributed by atoms with van der Waals surface area (Å²) in [6, 6.07) is 4.76. The Kier molecular flexibility index (Phi) is 4.45. The molecular weight excluding hydrogens is 310 g/mol. The first kappa shape index (κ1) is 14.3. The summed E-state index contributed by atoms with van der Waals surface area (Å²) in [5.41, 5.74) is 1.16. The standard InChI is InChI=1S/C14H18BrNO3/c1-11-8-12(16(17)18)4-5-13(11)19-10-14(9-15)6-2-3-7-14/h4-5,8H,2-3,6-7,9-10H2,1H3. The summed E-state index contributed by atoms with van der Waals surface area (Å²) < 4.78 is 5.90. The SMILES string of the molecule is Cc1cc([N+](=O)[O-])ccc1OCC1(CBr)CCCC1. The van der Waals surface area contributed by atoms with Crippen LogP contribution in [-0.4, -0.2) is 16.9 Å². The molecule has 104 valence electrons. The molecule has 1 aliphatic rings. The van der Waals surface area contributed by atoms with Gasteiger partial charge >= 0.3 is 0 Å². The number of benzene rings is 1. The number of aryl methyl sites for hydroxylation is 1. The van der Waals surface area contributed by atoms with E-state index in [2.05, 4.69) is 15.9 Å². The molecule has 0 saturated heterocycles. The van der Waals surface area contributed by atoms with Crippen molar-refractivity contribution in [2.75, 3.05) is 11.9 Å². The molecule has 1 fully saturated rings. The molecule has 0 atom stereocenters. The summed E-state index contributed by atoms with van der Waals surface area (Å²) in [5, 5.41) is 11.6. The van der Waals surface area contributed by atoms with E-state index in [9.17, 15) is 10.1 Å². The van der Waals surface area contributed by atoms with E-state index in [4.69, 9.17) is 4.74 Å². The second kappa shape index (κ2) is 5.90. The van der Waals surface area contributed by atoms with Crippen LogP contribution in [0.25, 0.3) is 0 Å². The Labute approximate surface area is 121 Å². The number of ether oxygens (including phenoxy) is 1. The first-order valence-corrected chi connectivity index (χ1v) is 7.62. The largest absolute Gasteiger partial charge is 0.493 e. The van der Waals surface area contributed by atoms with Gasteiger partial charge in [-0.2, -0.15) is 0 Å². The number of halogens is 1. The maximum Gasteiger partial charge on any atom is 0.269 e. The molecule has 0 bridgehead atoms. The normalized spacial score (nSPS) is 17.4. The minimum atomic E-state index is -0.381. The molecule has 1 aromatic rings. The fourth-order valence-corrected chi connectivity index (χ4v) is 3.30. The van der Waals surface area contributed by atoms with Crippen LogP contribution < -0.4 is 4.74 Å². The molecular formula is C14H18BrNO3. The molecule has 2 rings (SSSR count). The molecule has 0 heterocycles. The topological polar surface area (TPSA) is 52.4 Å². The van der Waals surface area contributed by atoms with Crippen LogP contribution in [0.15, 0.2) is 18.2 Å². The average molecular weight is 328 g/mol. The van der Waals surface area contributed by atoms with Crippen LogP contribution >= 0.6 is 15.9 Å². The van der Waals surface area contributed by atoms with Gasteiger partial charge in [-0.15, -0.1) is 0 Å². The Morgan fingerprint density at radius 1 is 1.42 bits per heavy atom. The van der Waals surface area contributed by atoms with E-state index < -0.39 is 0 Å². The number of rotatable bonds is 5. The molecule has 0 aromatic heterocycles. The van der Waals surface area contributed by atoms with E-state index in [-0.39, 0.29) is 16.0 Å². The number of nitro benzene ring substituents is 1. The van der Waals surface area contributed by atoms with Gasteiger partial charge in [0.05, 0.1) is 11.5 Å². The summed E-state index contributed by atoms with van der Waals surface area (Å²) in [5.74, 6) is 0.748. The number of nitrogens with zero attached hydrogens (tertiary/aromatic N) is 1. The van der Waals surface area contributed by atoms with Crippen molar-refractivity contribution in [2.45, 2.75) is 32.6 Å². The Hall–Kier alpha value is -1.10. The number of hydrogen-bond acceptors (Lipinski definition) is 3. The fourth-order valence-electron chi connectivity index (χ4n) is 2.58. The lowest BCUT2D eigenvalue weighted by Crippen LogP contribution is -2.27. The average Bonchev–Trinajstić information content (AvgIpc) is 2.86. The van der Waals surface area contributed by atoms with Crippen molar-refractivity contribution in [3.8, 4) is 5.75 Å². The first-order chi connectivity index (χ1) is 9.06. The monoisotopic (exact) mass is 327 g/mol. The Morgan fingerprint density at radius 3 is 2.63 bits per heavy atom. The van der Waals surface area contributed by atoms with Gasteiger partial charge in [-0.25, -0.2) is 0 Å².